The highest BCUT2D eigenvalue weighted by molar-refractivity contribution is 5.09. The van der Waals surface area contributed by atoms with Gasteiger partial charge in [0.15, 0.2) is 0 Å². The molecule has 1 aliphatic rings. The Balaban J connectivity index is 2.96. The summed E-state index contributed by atoms with van der Waals surface area (Å²) >= 11 is 0. The van der Waals surface area contributed by atoms with Gasteiger partial charge in [-0.25, -0.2) is 0 Å². The van der Waals surface area contributed by atoms with E-state index in [0.717, 1.165) is 0 Å². The first-order chi connectivity index (χ1) is 6.71. The van der Waals surface area contributed by atoms with Crippen LogP contribution in [-0.2, 0) is 0 Å². The zero-order chi connectivity index (χ0) is 12.0. The molecule has 1 aliphatic carbocycles. The van der Waals surface area contributed by atoms with Crippen LogP contribution in [0, 0.1) is 27.4 Å². The van der Waals surface area contributed by atoms with Gasteiger partial charge in [-0.15, -0.1) is 0 Å². The van der Waals surface area contributed by atoms with Gasteiger partial charge in [0.05, 0.1) is 6.04 Å². The van der Waals surface area contributed by atoms with Crippen molar-refractivity contribution in [1.82, 2.24) is 4.90 Å². The highest BCUT2D eigenvalue weighted by atomic mass is 16.6. The van der Waals surface area contributed by atoms with Crippen molar-refractivity contribution in [3.05, 3.63) is 10.1 Å². The Bertz CT molecular complexity index is 243. The van der Waals surface area contributed by atoms with E-state index in [4.69, 9.17) is 0 Å². The van der Waals surface area contributed by atoms with Gasteiger partial charge in [-0.3, -0.25) is 15.0 Å². The fraction of sp³-hybridized carbons (Fsp3) is 1.00. The predicted molar refractivity (Wildman–Crippen MR) is 60.4 cm³/mol. The first kappa shape index (κ1) is 12.4. The molecule has 0 aromatic rings. The van der Waals surface area contributed by atoms with Crippen LogP contribution in [0.5, 0.6) is 0 Å². The van der Waals surface area contributed by atoms with Crippen LogP contribution in [-0.4, -0.2) is 36.0 Å². The minimum atomic E-state index is -0.407. The van der Waals surface area contributed by atoms with Gasteiger partial charge in [0.25, 0.3) is 0 Å². The van der Waals surface area contributed by atoms with Crippen LogP contribution in [0.25, 0.3) is 0 Å². The average molecular weight is 214 g/mol. The third kappa shape index (κ3) is 1.75. The van der Waals surface area contributed by atoms with Crippen LogP contribution in [0.4, 0.5) is 0 Å². The second kappa shape index (κ2) is 3.74. The summed E-state index contributed by atoms with van der Waals surface area (Å²) in [7, 11) is 3.86. The first-order valence-electron chi connectivity index (χ1n) is 5.51. The second-order valence-corrected chi connectivity index (χ2v) is 5.78. The standard InChI is InChI=1S/C11H22N2O2/c1-7(2)8-9(13(14)15)10(12(5)6)11(8,3)4/h7-10H,1-6H3. The van der Waals surface area contributed by atoms with Crippen LogP contribution in [0.15, 0.2) is 0 Å². The molecule has 4 nitrogen and oxygen atoms in total. The number of nitro groups is 1. The van der Waals surface area contributed by atoms with Gasteiger partial charge in [0.2, 0.25) is 6.04 Å². The molecular formula is C11H22N2O2. The normalized spacial score (nSPS) is 34.3. The molecule has 0 spiro atoms. The Morgan fingerprint density at radius 2 is 1.80 bits per heavy atom. The average Bonchev–Trinajstić information content (AvgIpc) is 1.97. The summed E-state index contributed by atoms with van der Waals surface area (Å²) in [4.78, 5) is 13.0. The molecule has 3 atom stereocenters. The van der Waals surface area contributed by atoms with Crippen LogP contribution in [0.1, 0.15) is 27.7 Å². The Labute approximate surface area is 91.8 Å². The summed E-state index contributed by atoms with van der Waals surface area (Å²) in [6.07, 6.45) is 0. The van der Waals surface area contributed by atoms with Crippen LogP contribution >= 0.6 is 0 Å². The van der Waals surface area contributed by atoms with Crippen molar-refractivity contribution in [3.8, 4) is 0 Å². The topological polar surface area (TPSA) is 46.4 Å². The summed E-state index contributed by atoms with van der Waals surface area (Å²) in [5.74, 6) is 0.548. The van der Waals surface area contributed by atoms with Gasteiger partial charge in [-0.1, -0.05) is 27.7 Å². The Morgan fingerprint density at radius 1 is 1.33 bits per heavy atom. The summed E-state index contributed by atoms with van der Waals surface area (Å²) in [6.45, 7) is 8.44. The van der Waals surface area contributed by atoms with E-state index < -0.39 is 6.04 Å². The fourth-order valence-electron chi connectivity index (χ4n) is 3.63. The molecule has 0 aromatic carbocycles. The summed E-state index contributed by atoms with van der Waals surface area (Å²) in [6, 6.07) is -0.352. The van der Waals surface area contributed by atoms with Gasteiger partial charge in [0.1, 0.15) is 0 Å². The van der Waals surface area contributed by atoms with Crippen LogP contribution in [0.2, 0.25) is 0 Å². The zero-order valence-electron chi connectivity index (χ0n) is 10.5. The van der Waals surface area contributed by atoms with Gasteiger partial charge >= 0.3 is 0 Å². The lowest BCUT2D eigenvalue weighted by Gasteiger charge is -2.57. The maximum Gasteiger partial charge on any atom is 0.232 e. The van der Waals surface area contributed by atoms with Crippen LogP contribution in [0.3, 0.4) is 0 Å². The van der Waals surface area contributed by atoms with E-state index in [9.17, 15) is 10.1 Å². The highest BCUT2D eigenvalue weighted by Gasteiger charge is 2.64. The monoisotopic (exact) mass is 214 g/mol. The van der Waals surface area contributed by atoms with Crippen molar-refractivity contribution in [3.63, 3.8) is 0 Å². The maximum atomic E-state index is 11.1. The molecule has 1 rings (SSSR count). The lowest BCUT2D eigenvalue weighted by atomic mass is 9.51. The van der Waals surface area contributed by atoms with Crippen molar-refractivity contribution < 1.29 is 4.92 Å². The molecule has 0 aliphatic heterocycles. The van der Waals surface area contributed by atoms with E-state index in [1.165, 1.54) is 0 Å². The zero-order valence-corrected chi connectivity index (χ0v) is 10.5. The van der Waals surface area contributed by atoms with Crippen molar-refractivity contribution in [2.75, 3.05) is 14.1 Å². The third-order valence-corrected chi connectivity index (χ3v) is 3.83. The highest BCUT2D eigenvalue weighted by Crippen LogP contribution is 2.52. The molecule has 1 saturated carbocycles. The van der Waals surface area contributed by atoms with Crippen molar-refractivity contribution in [1.29, 1.82) is 0 Å². The van der Waals surface area contributed by atoms with Crippen molar-refractivity contribution >= 4 is 0 Å². The number of likely N-dealkylation sites (N-methyl/N-ethyl adjacent to an activating group) is 1. The summed E-state index contributed by atoms with van der Waals surface area (Å²) < 4.78 is 0. The van der Waals surface area contributed by atoms with Gasteiger partial charge in [0, 0.05) is 10.8 Å². The molecule has 1 fully saturated rings. The molecule has 88 valence electrons. The van der Waals surface area contributed by atoms with E-state index >= 15 is 0 Å². The summed E-state index contributed by atoms with van der Waals surface area (Å²) in [5, 5.41) is 11.1. The molecule has 4 heteroatoms. The number of hydrogen-bond donors (Lipinski definition) is 0. The first-order valence-corrected chi connectivity index (χ1v) is 5.51. The smallest absolute Gasteiger partial charge is 0.232 e. The molecule has 15 heavy (non-hydrogen) atoms. The molecular weight excluding hydrogens is 192 g/mol. The lowest BCUT2D eigenvalue weighted by molar-refractivity contribution is -0.573. The Kier molecular flexibility index (Phi) is 3.10. The number of rotatable bonds is 3. The molecule has 0 amide bonds. The van der Waals surface area contributed by atoms with E-state index in [1.54, 1.807) is 0 Å². The number of hydrogen-bond acceptors (Lipinski definition) is 3. The molecule has 0 radical (unpaired) electrons. The molecule has 0 N–H and O–H groups in total. The summed E-state index contributed by atoms with van der Waals surface area (Å²) in [5.41, 5.74) is 0.0371. The van der Waals surface area contributed by atoms with Gasteiger partial charge in [-0.05, 0) is 25.4 Å². The molecule has 0 aromatic heterocycles. The second-order valence-electron chi connectivity index (χ2n) is 5.78. The van der Waals surface area contributed by atoms with E-state index in [1.807, 2.05) is 19.0 Å². The van der Waals surface area contributed by atoms with Gasteiger partial charge in [-0.2, -0.15) is 0 Å². The number of nitrogens with zero attached hydrogens (tertiary/aromatic N) is 2. The SMILES string of the molecule is CC(C)C1C([N+](=O)[O-])C(N(C)C)C1(C)C. The van der Waals surface area contributed by atoms with Crippen molar-refractivity contribution in [2.45, 2.75) is 39.8 Å². The minimum absolute atomic E-state index is 0.0371. The molecule has 0 saturated heterocycles. The predicted octanol–water partition coefficient (Wildman–Crippen LogP) is 1.87. The van der Waals surface area contributed by atoms with Crippen molar-refractivity contribution in [2.24, 2.45) is 17.3 Å². The molecule has 0 heterocycles. The van der Waals surface area contributed by atoms with Crippen LogP contribution < -0.4 is 0 Å². The Morgan fingerprint density at radius 3 is 2.07 bits per heavy atom. The van der Waals surface area contributed by atoms with Gasteiger partial charge < -0.3 is 0 Å². The maximum absolute atomic E-state index is 11.1. The molecule has 0 bridgehead atoms. The molecule has 3 unspecified atom stereocenters. The lowest BCUT2D eigenvalue weighted by Crippen LogP contribution is -2.70. The van der Waals surface area contributed by atoms with E-state index in [-0.39, 0.29) is 22.3 Å². The third-order valence-electron chi connectivity index (χ3n) is 3.83. The minimum Gasteiger partial charge on any atom is -0.300 e. The van der Waals surface area contributed by atoms with E-state index in [2.05, 4.69) is 27.7 Å². The largest absolute Gasteiger partial charge is 0.300 e. The fourth-order valence-corrected chi connectivity index (χ4v) is 3.63. The van der Waals surface area contributed by atoms with E-state index in [0.29, 0.717) is 5.92 Å². The quantitative estimate of drug-likeness (QED) is 0.532. The Hall–Kier alpha value is -0.640.